The number of ether oxygens (including phenoxy) is 1. The lowest BCUT2D eigenvalue weighted by Crippen LogP contribution is -2.54. The van der Waals surface area contributed by atoms with E-state index in [1.165, 1.54) is 0 Å². The second-order valence-electron chi connectivity index (χ2n) is 9.70. The molecule has 7 nitrogen and oxygen atoms in total. The first-order chi connectivity index (χ1) is 16.5. The molecule has 2 aromatic rings. The van der Waals surface area contributed by atoms with Gasteiger partial charge in [0.25, 0.3) is 0 Å². The normalized spacial score (nSPS) is 22.6. The summed E-state index contributed by atoms with van der Waals surface area (Å²) in [5, 5.41) is 15.3. The Morgan fingerprint density at radius 3 is 2.15 bits per heavy atom. The van der Waals surface area contributed by atoms with Crippen LogP contribution in [0, 0.1) is 5.92 Å². The number of aliphatic carboxylic acids is 1. The third-order valence-corrected chi connectivity index (χ3v) is 7.52. The van der Waals surface area contributed by atoms with Crippen LogP contribution in [0.15, 0.2) is 48.5 Å². The number of hydrogen-bond acceptors (Lipinski definition) is 4. The van der Waals surface area contributed by atoms with Crippen LogP contribution in [0.4, 0.5) is 4.79 Å². The molecule has 0 saturated heterocycles. The lowest BCUT2D eigenvalue weighted by molar-refractivity contribution is -0.143. The van der Waals surface area contributed by atoms with Gasteiger partial charge < -0.3 is 20.5 Å². The number of carbonyl (C=O) groups is 3. The van der Waals surface area contributed by atoms with Crippen LogP contribution in [0.1, 0.15) is 62.0 Å². The Kier molecular flexibility index (Phi) is 6.02. The molecule has 0 heterocycles. The van der Waals surface area contributed by atoms with E-state index >= 15 is 0 Å². The lowest BCUT2D eigenvalue weighted by atomic mass is 9.94. The van der Waals surface area contributed by atoms with E-state index in [2.05, 4.69) is 34.9 Å². The standard InChI is InChI=1S/C27H30N2O5/c30-24(31)21-12-2-1-3-13-23(21)28-25(32)27(14-15-27)29-26(33)34-16-22-19-10-6-4-8-17(19)18-9-5-7-11-20(18)22/h4-11,21-23H,1-3,12-16H2,(H,28,32)(H,29,33)(H,30,31)/t21-,23+/m1/s1. The van der Waals surface area contributed by atoms with Crippen molar-refractivity contribution >= 4 is 18.0 Å². The predicted octanol–water partition coefficient (Wildman–Crippen LogP) is 4.21. The first kappa shape index (κ1) is 22.4. The number of carbonyl (C=O) groups excluding carboxylic acids is 2. The zero-order valence-electron chi connectivity index (χ0n) is 19.1. The monoisotopic (exact) mass is 462 g/mol. The molecule has 3 aliphatic rings. The number of nitrogens with one attached hydrogen (secondary N) is 2. The minimum absolute atomic E-state index is 0.0514. The molecule has 2 saturated carbocycles. The second kappa shape index (κ2) is 9.12. The van der Waals surface area contributed by atoms with E-state index in [1.54, 1.807) is 0 Å². The van der Waals surface area contributed by atoms with Gasteiger partial charge in [-0.2, -0.15) is 0 Å². The van der Waals surface area contributed by atoms with Gasteiger partial charge in [-0.15, -0.1) is 0 Å². The fraction of sp³-hybridized carbons (Fsp3) is 0.444. The van der Waals surface area contributed by atoms with E-state index in [-0.39, 0.29) is 18.4 Å². The van der Waals surface area contributed by atoms with Crippen LogP contribution in [0.3, 0.4) is 0 Å². The van der Waals surface area contributed by atoms with Gasteiger partial charge in [0.05, 0.1) is 5.92 Å². The Morgan fingerprint density at radius 1 is 0.912 bits per heavy atom. The number of fused-ring (bicyclic) bond motifs is 3. The smallest absolute Gasteiger partial charge is 0.408 e. The summed E-state index contributed by atoms with van der Waals surface area (Å²) in [7, 11) is 0. The number of alkyl carbamates (subject to hydrolysis) is 1. The summed E-state index contributed by atoms with van der Waals surface area (Å²) in [4.78, 5) is 37.4. The van der Waals surface area contributed by atoms with E-state index in [4.69, 9.17) is 4.74 Å². The molecule has 7 heteroatoms. The topological polar surface area (TPSA) is 105 Å². The van der Waals surface area contributed by atoms with Gasteiger partial charge in [-0.3, -0.25) is 9.59 Å². The zero-order valence-corrected chi connectivity index (χ0v) is 19.1. The molecule has 34 heavy (non-hydrogen) atoms. The highest BCUT2D eigenvalue weighted by Gasteiger charge is 2.52. The molecule has 3 N–H and O–H groups in total. The largest absolute Gasteiger partial charge is 0.481 e. The fourth-order valence-corrected chi connectivity index (χ4v) is 5.45. The molecular formula is C27H30N2O5. The van der Waals surface area contributed by atoms with Gasteiger partial charge in [0.2, 0.25) is 5.91 Å². The Balaban J connectivity index is 1.21. The third-order valence-electron chi connectivity index (χ3n) is 7.52. The van der Waals surface area contributed by atoms with Crippen molar-refractivity contribution < 1.29 is 24.2 Å². The minimum Gasteiger partial charge on any atom is -0.481 e. The third kappa shape index (κ3) is 4.27. The van der Waals surface area contributed by atoms with Gasteiger partial charge in [0, 0.05) is 12.0 Å². The van der Waals surface area contributed by atoms with E-state index in [0.29, 0.717) is 25.7 Å². The van der Waals surface area contributed by atoms with Crippen LogP contribution in [0.25, 0.3) is 11.1 Å². The molecule has 0 aromatic heterocycles. The van der Waals surface area contributed by atoms with Crippen molar-refractivity contribution in [2.45, 2.75) is 62.4 Å². The van der Waals surface area contributed by atoms with Gasteiger partial charge >= 0.3 is 12.1 Å². The molecule has 0 spiro atoms. The van der Waals surface area contributed by atoms with Crippen LogP contribution >= 0.6 is 0 Å². The summed E-state index contributed by atoms with van der Waals surface area (Å²) in [5.74, 6) is -1.82. The Hall–Kier alpha value is -3.35. The summed E-state index contributed by atoms with van der Waals surface area (Å²) in [5.41, 5.74) is 3.56. The maximum Gasteiger partial charge on any atom is 0.408 e. The molecule has 0 aliphatic heterocycles. The van der Waals surface area contributed by atoms with E-state index < -0.39 is 29.6 Å². The second-order valence-corrected chi connectivity index (χ2v) is 9.70. The highest BCUT2D eigenvalue weighted by molar-refractivity contribution is 5.93. The van der Waals surface area contributed by atoms with Crippen molar-refractivity contribution in [3.63, 3.8) is 0 Å². The first-order valence-corrected chi connectivity index (χ1v) is 12.2. The molecule has 2 fully saturated rings. The van der Waals surface area contributed by atoms with Crippen molar-refractivity contribution in [3.8, 4) is 11.1 Å². The SMILES string of the molecule is O=C(NC1(C(=O)N[C@H]2CCCCC[C@H]2C(=O)O)CC1)OCC1c2ccccc2-c2ccccc21. The number of carboxylic acids is 1. The molecule has 0 radical (unpaired) electrons. The fourth-order valence-electron chi connectivity index (χ4n) is 5.45. The van der Waals surface area contributed by atoms with Crippen LogP contribution in [-0.2, 0) is 14.3 Å². The highest BCUT2D eigenvalue weighted by atomic mass is 16.5. The molecule has 2 amide bonds. The van der Waals surface area contributed by atoms with Gasteiger partial charge in [-0.25, -0.2) is 4.79 Å². The van der Waals surface area contributed by atoms with Gasteiger partial charge in [-0.1, -0.05) is 67.8 Å². The van der Waals surface area contributed by atoms with Crippen LogP contribution in [0.2, 0.25) is 0 Å². The quantitative estimate of drug-likeness (QED) is 0.558. The van der Waals surface area contributed by atoms with Crippen molar-refractivity contribution in [1.29, 1.82) is 0 Å². The van der Waals surface area contributed by atoms with Crippen molar-refractivity contribution in [2.24, 2.45) is 5.92 Å². The molecular weight excluding hydrogens is 432 g/mol. The molecule has 5 rings (SSSR count). The summed E-state index contributed by atoms with van der Waals surface area (Å²) in [6.07, 6.45) is 4.34. The molecule has 2 atom stereocenters. The maximum absolute atomic E-state index is 13.0. The summed E-state index contributed by atoms with van der Waals surface area (Å²) >= 11 is 0. The summed E-state index contributed by atoms with van der Waals surface area (Å²) < 4.78 is 5.61. The van der Waals surface area contributed by atoms with Gasteiger partial charge in [-0.05, 0) is 47.9 Å². The first-order valence-electron chi connectivity index (χ1n) is 12.2. The Labute approximate surface area is 198 Å². The number of hydrogen-bond donors (Lipinski definition) is 3. The van der Waals surface area contributed by atoms with E-state index in [0.717, 1.165) is 41.5 Å². The number of carboxylic acid groups (broad SMARTS) is 1. The molecule has 0 bridgehead atoms. The van der Waals surface area contributed by atoms with Crippen molar-refractivity contribution in [2.75, 3.05) is 6.61 Å². The molecule has 2 aromatic carbocycles. The van der Waals surface area contributed by atoms with E-state index in [9.17, 15) is 19.5 Å². The minimum atomic E-state index is -1.00. The molecule has 178 valence electrons. The zero-order chi connectivity index (χ0) is 23.7. The number of rotatable bonds is 6. The number of amides is 2. The predicted molar refractivity (Wildman–Crippen MR) is 126 cm³/mol. The average molecular weight is 463 g/mol. The number of benzene rings is 2. The van der Waals surface area contributed by atoms with Gasteiger partial charge in [0.1, 0.15) is 12.1 Å². The van der Waals surface area contributed by atoms with Crippen molar-refractivity contribution in [1.82, 2.24) is 10.6 Å². The van der Waals surface area contributed by atoms with E-state index in [1.807, 2.05) is 24.3 Å². The molecule has 3 aliphatic carbocycles. The lowest BCUT2D eigenvalue weighted by Gasteiger charge is -2.26. The van der Waals surface area contributed by atoms with Gasteiger partial charge in [0.15, 0.2) is 0 Å². The van der Waals surface area contributed by atoms with Crippen molar-refractivity contribution in [3.05, 3.63) is 59.7 Å². The Bertz CT molecular complexity index is 1060. The highest BCUT2D eigenvalue weighted by Crippen LogP contribution is 2.44. The van der Waals surface area contributed by atoms with Crippen LogP contribution < -0.4 is 10.6 Å². The summed E-state index contributed by atoms with van der Waals surface area (Å²) in [6.45, 7) is 0.182. The average Bonchev–Trinajstić information content (AvgIpc) is 3.59. The Morgan fingerprint density at radius 2 is 1.53 bits per heavy atom. The van der Waals surface area contributed by atoms with Crippen LogP contribution in [-0.4, -0.2) is 41.3 Å². The molecule has 0 unspecified atom stereocenters. The summed E-state index contributed by atoms with van der Waals surface area (Å²) in [6, 6.07) is 15.8. The van der Waals surface area contributed by atoms with Crippen LogP contribution in [0.5, 0.6) is 0 Å². The maximum atomic E-state index is 13.0.